The second-order valence-electron chi connectivity index (χ2n) is 6.76. The minimum atomic E-state index is -0.237. The summed E-state index contributed by atoms with van der Waals surface area (Å²) in [6.45, 7) is 2.38. The molecule has 0 bridgehead atoms. The van der Waals surface area contributed by atoms with Gasteiger partial charge in [-0.1, -0.05) is 18.2 Å². The Morgan fingerprint density at radius 1 is 1.11 bits per heavy atom. The van der Waals surface area contributed by atoms with Crippen molar-refractivity contribution in [2.45, 2.75) is 32.6 Å². The number of aromatic nitrogens is 1. The molecule has 5 heteroatoms. The number of rotatable bonds is 4. The van der Waals surface area contributed by atoms with Crippen molar-refractivity contribution in [3.8, 4) is 5.75 Å². The van der Waals surface area contributed by atoms with E-state index in [0.717, 1.165) is 47.7 Å². The second-order valence-corrected chi connectivity index (χ2v) is 6.76. The smallest absolute Gasteiger partial charge is 0.259 e. The quantitative estimate of drug-likeness (QED) is 0.735. The maximum atomic E-state index is 12.7. The number of aryl methyl sites for hydroxylation is 1. The van der Waals surface area contributed by atoms with Crippen LogP contribution in [-0.4, -0.2) is 17.5 Å². The predicted molar refractivity (Wildman–Crippen MR) is 107 cm³/mol. The molecule has 0 aliphatic heterocycles. The summed E-state index contributed by atoms with van der Waals surface area (Å²) in [6.07, 6.45) is 3.95. The zero-order chi connectivity index (χ0) is 18.8. The van der Waals surface area contributed by atoms with Gasteiger partial charge in [-0.15, -0.1) is 0 Å². The monoisotopic (exact) mass is 362 g/mol. The number of benzene rings is 2. The average Bonchev–Trinajstić information content (AvgIpc) is 2.69. The number of aromatic amines is 1. The Morgan fingerprint density at radius 3 is 2.70 bits per heavy atom. The van der Waals surface area contributed by atoms with E-state index in [9.17, 15) is 9.59 Å². The molecule has 138 valence electrons. The molecular formula is C22H22N2O3. The first kappa shape index (κ1) is 17.3. The topological polar surface area (TPSA) is 71.2 Å². The highest BCUT2D eigenvalue weighted by Crippen LogP contribution is 2.27. The van der Waals surface area contributed by atoms with Gasteiger partial charge in [0.15, 0.2) is 0 Å². The van der Waals surface area contributed by atoms with Crippen LogP contribution in [0.4, 0.5) is 5.69 Å². The van der Waals surface area contributed by atoms with Crippen LogP contribution < -0.4 is 15.6 Å². The normalized spacial score (nSPS) is 13.2. The molecule has 1 aromatic heterocycles. The van der Waals surface area contributed by atoms with Gasteiger partial charge in [-0.3, -0.25) is 9.59 Å². The van der Waals surface area contributed by atoms with Crippen LogP contribution in [0.3, 0.4) is 0 Å². The molecule has 1 aliphatic rings. The van der Waals surface area contributed by atoms with E-state index in [1.54, 1.807) is 12.1 Å². The number of amides is 1. The number of para-hydroxylation sites is 1. The molecule has 2 aromatic carbocycles. The first-order chi connectivity index (χ1) is 13.2. The number of nitrogens with one attached hydrogen (secondary N) is 2. The molecule has 0 unspecified atom stereocenters. The third-order valence-electron chi connectivity index (χ3n) is 5.02. The molecular weight excluding hydrogens is 340 g/mol. The number of ether oxygens (including phenoxy) is 1. The van der Waals surface area contributed by atoms with E-state index in [1.807, 2.05) is 37.3 Å². The second kappa shape index (κ2) is 7.27. The van der Waals surface area contributed by atoms with Crippen LogP contribution in [0.15, 0.2) is 47.3 Å². The van der Waals surface area contributed by atoms with Gasteiger partial charge in [-0.2, -0.15) is 0 Å². The maximum absolute atomic E-state index is 12.7. The molecule has 0 fully saturated rings. The Labute approximate surface area is 157 Å². The Bertz CT molecular complexity index is 1070. The Hall–Kier alpha value is -3.08. The third kappa shape index (κ3) is 3.33. The fraction of sp³-hybridized carbons (Fsp3) is 0.273. The number of H-pyrrole nitrogens is 1. The molecule has 4 rings (SSSR count). The van der Waals surface area contributed by atoms with Crippen LogP contribution in [0, 0.1) is 0 Å². The first-order valence-electron chi connectivity index (χ1n) is 9.38. The van der Waals surface area contributed by atoms with Crippen LogP contribution in [0.1, 0.15) is 41.3 Å². The molecule has 0 atom stereocenters. The van der Waals surface area contributed by atoms with Crippen molar-refractivity contribution in [3.05, 3.63) is 69.5 Å². The van der Waals surface area contributed by atoms with Crippen molar-refractivity contribution in [3.63, 3.8) is 0 Å². The lowest BCUT2D eigenvalue weighted by molar-refractivity contribution is 0.102. The molecule has 0 saturated heterocycles. The highest BCUT2D eigenvalue weighted by Gasteiger charge is 2.17. The van der Waals surface area contributed by atoms with E-state index < -0.39 is 0 Å². The van der Waals surface area contributed by atoms with Crippen LogP contribution >= 0.6 is 0 Å². The van der Waals surface area contributed by atoms with Gasteiger partial charge in [0.25, 0.3) is 11.5 Å². The van der Waals surface area contributed by atoms with Crippen molar-refractivity contribution in [1.82, 2.24) is 4.98 Å². The van der Waals surface area contributed by atoms with Crippen molar-refractivity contribution in [2.24, 2.45) is 0 Å². The van der Waals surface area contributed by atoms with Crippen molar-refractivity contribution >= 4 is 22.5 Å². The van der Waals surface area contributed by atoms with Gasteiger partial charge in [0.2, 0.25) is 0 Å². The van der Waals surface area contributed by atoms with E-state index in [2.05, 4.69) is 10.3 Å². The lowest BCUT2D eigenvalue weighted by Crippen LogP contribution is -2.19. The van der Waals surface area contributed by atoms with Gasteiger partial charge >= 0.3 is 0 Å². The predicted octanol–water partition coefficient (Wildman–Crippen LogP) is 4.06. The molecule has 0 saturated carbocycles. The van der Waals surface area contributed by atoms with E-state index in [0.29, 0.717) is 23.6 Å². The number of hydrogen-bond acceptors (Lipinski definition) is 3. The highest BCUT2D eigenvalue weighted by molar-refractivity contribution is 6.07. The van der Waals surface area contributed by atoms with Crippen LogP contribution in [0.2, 0.25) is 0 Å². The number of pyridine rings is 1. The highest BCUT2D eigenvalue weighted by atomic mass is 16.5. The number of carbonyl (C=O) groups excluding carboxylic acids is 1. The summed E-state index contributed by atoms with van der Waals surface area (Å²) in [6, 6.07) is 12.9. The van der Waals surface area contributed by atoms with Crippen molar-refractivity contribution in [2.75, 3.05) is 11.9 Å². The third-order valence-corrected chi connectivity index (χ3v) is 5.02. The van der Waals surface area contributed by atoms with E-state index in [4.69, 9.17) is 4.74 Å². The summed E-state index contributed by atoms with van der Waals surface area (Å²) in [5.41, 5.74) is 3.94. The summed E-state index contributed by atoms with van der Waals surface area (Å²) < 4.78 is 5.54. The van der Waals surface area contributed by atoms with E-state index in [-0.39, 0.29) is 11.5 Å². The number of hydrogen-bond donors (Lipinski definition) is 2. The minimum absolute atomic E-state index is 0.0117. The summed E-state index contributed by atoms with van der Waals surface area (Å²) in [5, 5.41) is 3.97. The summed E-state index contributed by atoms with van der Waals surface area (Å²) >= 11 is 0. The van der Waals surface area contributed by atoms with E-state index in [1.165, 1.54) is 0 Å². The summed E-state index contributed by atoms with van der Waals surface area (Å²) in [7, 11) is 0. The standard InChI is InChI=1S/C22H22N2O3/c1-2-27-20-10-6-5-9-18(20)22(26)23-14-11-12-16-15-7-3-4-8-17(15)21(25)24-19(16)13-14/h5-6,9-13H,2-4,7-8H2,1H3,(H,23,26)(H,24,25). The number of fused-ring (bicyclic) bond motifs is 3. The maximum Gasteiger partial charge on any atom is 0.259 e. The number of anilines is 1. The minimum Gasteiger partial charge on any atom is -0.493 e. The van der Waals surface area contributed by atoms with Crippen LogP contribution in [-0.2, 0) is 12.8 Å². The molecule has 2 N–H and O–H groups in total. The van der Waals surface area contributed by atoms with Crippen molar-refractivity contribution in [1.29, 1.82) is 0 Å². The van der Waals surface area contributed by atoms with Gasteiger partial charge in [-0.05, 0) is 62.4 Å². The molecule has 1 aliphatic carbocycles. The summed E-state index contributed by atoms with van der Waals surface area (Å²) in [4.78, 5) is 28.0. The molecule has 3 aromatic rings. The van der Waals surface area contributed by atoms with Crippen LogP contribution in [0.5, 0.6) is 5.75 Å². The fourth-order valence-electron chi connectivity index (χ4n) is 3.77. The van der Waals surface area contributed by atoms with Gasteiger partial charge in [0.05, 0.1) is 17.7 Å². The lowest BCUT2D eigenvalue weighted by Gasteiger charge is -2.17. The molecule has 5 nitrogen and oxygen atoms in total. The first-order valence-corrected chi connectivity index (χ1v) is 9.38. The van der Waals surface area contributed by atoms with Crippen LogP contribution in [0.25, 0.3) is 10.9 Å². The number of carbonyl (C=O) groups is 1. The zero-order valence-electron chi connectivity index (χ0n) is 15.3. The van der Waals surface area contributed by atoms with E-state index >= 15 is 0 Å². The Morgan fingerprint density at radius 2 is 1.89 bits per heavy atom. The summed E-state index contributed by atoms with van der Waals surface area (Å²) in [5.74, 6) is 0.319. The fourth-order valence-corrected chi connectivity index (χ4v) is 3.77. The lowest BCUT2D eigenvalue weighted by atomic mass is 9.90. The molecule has 27 heavy (non-hydrogen) atoms. The average molecular weight is 362 g/mol. The van der Waals surface area contributed by atoms with Crippen molar-refractivity contribution < 1.29 is 9.53 Å². The molecule has 1 amide bonds. The van der Waals surface area contributed by atoms with Gasteiger partial charge in [-0.25, -0.2) is 0 Å². The SMILES string of the molecule is CCOc1ccccc1C(=O)Nc1ccc2c3c(c(=O)[nH]c2c1)CCCC3. The van der Waals surface area contributed by atoms with Gasteiger partial charge < -0.3 is 15.0 Å². The Kier molecular flexibility index (Phi) is 4.67. The van der Waals surface area contributed by atoms with Gasteiger partial charge in [0, 0.05) is 16.6 Å². The largest absolute Gasteiger partial charge is 0.493 e. The molecule has 0 radical (unpaired) electrons. The van der Waals surface area contributed by atoms with Gasteiger partial charge in [0.1, 0.15) is 5.75 Å². The molecule has 1 heterocycles. The molecule has 0 spiro atoms. The Balaban J connectivity index is 1.67. The zero-order valence-corrected chi connectivity index (χ0v) is 15.3.